The van der Waals surface area contributed by atoms with Crippen LogP contribution >= 0.6 is 0 Å². The molecule has 0 aliphatic carbocycles. The van der Waals surface area contributed by atoms with E-state index in [1.165, 1.54) is 6.07 Å². The van der Waals surface area contributed by atoms with Crippen LogP contribution in [0.25, 0.3) is 11.0 Å². The second-order valence-corrected chi connectivity index (χ2v) is 6.05. The zero-order valence-corrected chi connectivity index (χ0v) is 14.3. The highest BCUT2D eigenvalue weighted by atomic mass is 19.1. The molecule has 3 rings (SSSR count). The molecule has 0 aliphatic rings. The van der Waals surface area contributed by atoms with Gasteiger partial charge in [0.25, 0.3) is 0 Å². The Morgan fingerprint density at radius 2 is 1.92 bits per heavy atom. The van der Waals surface area contributed by atoms with E-state index in [0.717, 1.165) is 16.7 Å². The molecule has 25 heavy (non-hydrogen) atoms. The van der Waals surface area contributed by atoms with Crippen LogP contribution in [-0.4, -0.2) is 24.5 Å². The van der Waals surface area contributed by atoms with E-state index in [1.54, 1.807) is 30.1 Å². The summed E-state index contributed by atoms with van der Waals surface area (Å²) in [5.41, 5.74) is 1.40. The number of para-hydroxylation sites is 1. The molecule has 4 nitrogen and oxygen atoms in total. The van der Waals surface area contributed by atoms with Crippen LogP contribution in [0.5, 0.6) is 0 Å². The molecule has 1 N–H and O–H groups in total. The molecule has 0 radical (unpaired) electrons. The van der Waals surface area contributed by atoms with Crippen molar-refractivity contribution < 1.29 is 13.6 Å². The van der Waals surface area contributed by atoms with Crippen molar-refractivity contribution in [3.63, 3.8) is 0 Å². The number of carbonyl (C=O) groups excluding carboxylic acids is 1. The topological polar surface area (TPSA) is 45.5 Å². The maximum atomic E-state index is 13.6. The first-order chi connectivity index (χ1) is 12.1. The smallest absolute Gasteiger partial charge is 0.317 e. The van der Waals surface area contributed by atoms with E-state index in [4.69, 9.17) is 4.42 Å². The van der Waals surface area contributed by atoms with Crippen molar-refractivity contribution >= 4 is 17.0 Å². The van der Waals surface area contributed by atoms with Gasteiger partial charge in [-0.25, -0.2) is 9.18 Å². The summed E-state index contributed by atoms with van der Waals surface area (Å²) < 4.78 is 19.4. The van der Waals surface area contributed by atoms with Gasteiger partial charge in [0.2, 0.25) is 0 Å². The third-order valence-electron chi connectivity index (χ3n) is 4.39. The number of amides is 2. The van der Waals surface area contributed by atoms with Gasteiger partial charge in [-0.05, 0) is 37.1 Å². The van der Waals surface area contributed by atoms with E-state index in [-0.39, 0.29) is 17.9 Å². The minimum Gasteiger partial charge on any atom is -0.459 e. The molecule has 2 aromatic carbocycles. The summed E-state index contributed by atoms with van der Waals surface area (Å²) in [7, 11) is 1.72. The fourth-order valence-electron chi connectivity index (χ4n) is 2.70. The first kappa shape index (κ1) is 17.0. The number of nitrogens with zero attached hydrogens (tertiary/aromatic N) is 1. The van der Waals surface area contributed by atoms with Crippen molar-refractivity contribution in [2.75, 3.05) is 13.6 Å². The minimum absolute atomic E-state index is 0.208. The number of hydrogen-bond donors (Lipinski definition) is 1. The zero-order chi connectivity index (χ0) is 17.8. The van der Waals surface area contributed by atoms with Gasteiger partial charge < -0.3 is 14.6 Å². The molecular weight excluding hydrogens is 319 g/mol. The van der Waals surface area contributed by atoms with Gasteiger partial charge in [0.15, 0.2) is 0 Å². The number of furan rings is 1. The lowest BCUT2D eigenvalue weighted by Gasteiger charge is -2.23. The van der Waals surface area contributed by atoms with Crippen molar-refractivity contribution in [2.45, 2.75) is 19.4 Å². The first-order valence-corrected chi connectivity index (χ1v) is 8.29. The van der Waals surface area contributed by atoms with Crippen LogP contribution in [0.15, 0.2) is 59.0 Å². The Kier molecular flexibility index (Phi) is 5.03. The molecule has 0 saturated heterocycles. The van der Waals surface area contributed by atoms with Gasteiger partial charge in [0, 0.05) is 19.0 Å². The van der Waals surface area contributed by atoms with E-state index in [0.29, 0.717) is 18.5 Å². The van der Waals surface area contributed by atoms with Gasteiger partial charge in [0.1, 0.15) is 17.2 Å². The third kappa shape index (κ3) is 3.82. The number of fused-ring (bicyclic) bond motifs is 1. The van der Waals surface area contributed by atoms with E-state index in [9.17, 15) is 9.18 Å². The molecule has 130 valence electrons. The summed E-state index contributed by atoms with van der Waals surface area (Å²) in [6.45, 7) is 2.28. The molecule has 1 atom stereocenters. The molecule has 0 aliphatic heterocycles. The van der Waals surface area contributed by atoms with E-state index < -0.39 is 0 Å². The molecule has 0 saturated carbocycles. The van der Waals surface area contributed by atoms with Crippen LogP contribution < -0.4 is 5.32 Å². The Labute approximate surface area is 146 Å². The molecule has 0 bridgehead atoms. The zero-order valence-electron chi connectivity index (χ0n) is 14.3. The summed E-state index contributed by atoms with van der Waals surface area (Å²) in [6, 6.07) is 15.9. The van der Waals surface area contributed by atoms with Gasteiger partial charge in [-0.2, -0.15) is 0 Å². The average Bonchev–Trinajstić information content (AvgIpc) is 3.06. The van der Waals surface area contributed by atoms with Crippen molar-refractivity contribution in [3.8, 4) is 0 Å². The maximum Gasteiger partial charge on any atom is 0.317 e. The predicted octanol–water partition coefficient (Wildman–Crippen LogP) is 4.52. The number of nitrogens with one attached hydrogen (secondary N) is 1. The van der Waals surface area contributed by atoms with Crippen LogP contribution in [0, 0.1) is 5.82 Å². The highest BCUT2D eigenvalue weighted by Crippen LogP contribution is 2.26. The molecule has 0 spiro atoms. The number of halogens is 1. The molecular formula is C20H21FN2O2. The molecule has 0 unspecified atom stereocenters. The Morgan fingerprint density at radius 1 is 1.20 bits per heavy atom. The highest BCUT2D eigenvalue weighted by Gasteiger charge is 2.20. The fourth-order valence-corrected chi connectivity index (χ4v) is 2.70. The lowest BCUT2D eigenvalue weighted by molar-refractivity contribution is 0.188. The number of hydrogen-bond acceptors (Lipinski definition) is 2. The lowest BCUT2D eigenvalue weighted by atomic mass is 10.1. The second kappa shape index (κ2) is 7.38. The van der Waals surface area contributed by atoms with Crippen molar-refractivity contribution in [1.82, 2.24) is 10.2 Å². The first-order valence-electron chi connectivity index (χ1n) is 8.29. The number of urea groups is 1. The van der Waals surface area contributed by atoms with Crippen molar-refractivity contribution in [2.24, 2.45) is 0 Å². The van der Waals surface area contributed by atoms with E-state index in [1.807, 2.05) is 37.3 Å². The minimum atomic E-state index is -0.249. The molecule has 1 aromatic heterocycles. The van der Waals surface area contributed by atoms with E-state index >= 15 is 0 Å². The normalized spacial score (nSPS) is 12.1. The fraction of sp³-hybridized carbons (Fsp3) is 0.250. The van der Waals surface area contributed by atoms with Crippen molar-refractivity contribution in [3.05, 3.63) is 71.7 Å². The van der Waals surface area contributed by atoms with Crippen LogP contribution in [0.4, 0.5) is 9.18 Å². The van der Waals surface area contributed by atoms with Gasteiger partial charge in [0.05, 0.1) is 6.04 Å². The Bertz CT molecular complexity index is 842. The number of benzene rings is 2. The lowest BCUT2D eigenvalue weighted by Crippen LogP contribution is -2.39. The summed E-state index contributed by atoms with van der Waals surface area (Å²) in [4.78, 5) is 13.9. The van der Waals surface area contributed by atoms with Gasteiger partial charge >= 0.3 is 6.03 Å². The monoisotopic (exact) mass is 340 g/mol. The number of rotatable bonds is 5. The SMILES string of the molecule is C[C@H](c1cc2ccccc2o1)N(C)C(=O)NCCc1ccccc1F. The Hall–Kier alpha value is -2.82. The van der Waals surface area contributed by atoms with Crippen LogP contribution in [0.2, 0.25) is 0 Å². The third-order valence-corrected chi connectivity index (χ3v) is 4.39. The van der Waals surface area contributed by atoms with Gasteiger partial charge in [-0.1, -0.05) is 36.4 Å². The maximum absolute atomic E-state index is 13.6. The molecule has 0 fully saturated rings. The number of carbonyl (C=O) groups is 1. The standard InChI is InChI=1S/C20H21FN2O2/c1-14(19-13-16-8-4-6-10-18(16)25-19)23(2)20(24)22-12-11-15-7-3-5-9-17(15)21/h3-10,13-14H,11-12H2,1-2H3,(H,22,24)/t14-/m1/s1. The molecule has 3 aromatic rings. The Balaban J connectivity index is 1.58. The molecule has 2 amide bonds. The van der Waals surface area contributed by atoms with Crippen LogP contribution in [0.1, 0.15) is 24.3 Å². The summed E-state index contributed by atoms with van der Waals surface area (Å²) in [5, 5.41) is 3.83. The van der Waals surface area contributed by atoms with Gasteiger partial charge in [-0.15, -0.1) is 0 Å². The highest BCUT2D eigenvalue weighted by molar-refractivity contribution is 5.78. The Morgan fingerprint density at radius 3 is 2.68 bits per heavy atom. The second-order valence-electron chi connectivity index (χ2n) is 6.05. The summed E-state index contributed by atoms with van der Waals surface area (Å²) in [6.07, 6.45) is 0.450. The van der Waals surface area contributed by atoms with Crippen LogP contribution in [-0.2, 0) is 6.42 Å². The van der Waals surface area contributed by atoms with Crippen molar-refractivity contribution in [1.29, 1.82) is 0 Å². The van der Waals surface area contributed by atoms with Crippen LogP contribution in [0.3, 0.4) is 0 Å². The average molecular weight is 340 g/mol. The summed E-state index contributed by atoms with van der Waals surface area (Å²) >= 11 is 0. The largest absolute Gasteiger partial charge is 0.459 e. The quantitative estimate of drug-likeness (QED) is 0.742. The molecule has 5 heteroatoms. The predicted molar refractivity (Wildman–Crippen MR) is 95.9 cm³/mol. The summed E-state index contributed by atoms with van der Waals surface area (Å²) in [5.74, 6) is 0.480. The molecule has 1 heterocycles. The van der Waals surface area contributed by atoms with E-state index in [2.05, 4.69) is 5.32 Å². The van der Waals surface area contributed by atoms with Gasteiger partial charge in [-0.3, -0.25) is 0 Å².